The van der Waals surface area contributed by atoms with Gasteiger partial charge in [-0.1, -0.05) is 32.7 Å². The average Bonchev–Trinajstić information content (AvgIpc) is 2.76. The first-order valence-corrected chi connectivity index (χ1v) is 7.41. The lowest BCUT2D eigenvalue weighted by Crippen LogP contribution is -2.60. The minimum absolute atomic E-state index is 0.0921. The summed E-state index contributed by atoms with van der Waals surface area (Å²) in [6, 6.07) is 2.28. The fraction of sp³-hybridized carbons (Fsp3) is 0.692. The summed E-state index contributed by atoms with van der Waals surface area (Å²) in [5.74, 6) is 1.08. The zero-order valence-electron chi connectivity index (χ0n) is 11.7. The van der Waals surface area contributed by atoms with E-state index in [1.54, 1.807) is 0 Å². The van der Waals surface area contributed by atoms with E-state index in [1.807, 2.05) is 49.8 Å². The van der Waals surface area contributed by atoms with E-state index in [9.17, 15) is 0 Å². The van der Waals surface area contributed by atoms with Crippen LogP contribution in [-0.4, -0.2) is 32.9 Å². The Morgan fingerprint density at radius 2 is 2.17 bits per heavy atom. The third-order valence-electron chi connectivity index (χ3n) is 2.86. The number of hydrogen-bond acceptors (Lipinski definition) is 4. The molecule has 0 aromatic carbocycles. The molecule has 18 heavy (non-hydrogen) atoms. The van der Waals surface area contributed by atoms with Gasteiger partial charge >= 0.3 is 0 Å². The summed E-state index contributed by atoms with van der Waals surface area (Å²) in [7, 11) is 0. The second-order valence-electron chi connectivity index (χ2n) is 4.24. The Balaban J connectivity index is 0.000000771. The minimum atomic E-state index is -0.0921. The van der Waals surface area contributed by atoms with Gasteiger partial charge in [0.2, 0.25) is 0 Å². The van der Waals surface area contributed by atoms with Crippen molar-refractivity contribution in [1.82, 2.24) is 14.1 Å². The maximum Gasteiger partial charge on any atom is 0.103 e. The predicted molar refractivity (Wildman–Crippen MR) is 76.2 cm³/mol. The van der Waals surface area contributed by atoms with Crippen LogP contribution in [0.5, 0.6) is 0 Å². The number of aryl methyl sites for hydroxylation is 1. The van der Waals surface area contributed by atoms with Crippen LogP contribution in [0.2, 0.25) is 0 Å². The summed E-state index contributed by atoms with van der Waals surface area (Å²) >= 11 is 1.83. The molecule has 4 nitrogen and oxygen atoms in total. The van der Waals surface area contributed by atoms with Crippen molar-refractivity contribution in [3.63, 3.8) is 0 Å². The summed E-state index contributed by atoms with van der Waals surface area (Å²) in [6.45, 7) is 10.0. The molecule has 0 atom stereocenters. The topological polar surface area (TPSA) is 44.9 Å². The Hall–Kier alpha value is -0.990. The molecule has 0 radical (unpaired) electrons. The van der Waals surface area contributed by atoms with Crippen molar-refractivity contribution in [3.05, 3.63) is 18.0 Å². The van der Waals surface area contributed by atoms with E-state index < -0.39 is 0 Å². The largest absolute Gasteiger partial charge is 0.263 e. The first-order chi connectivity index (χ1) is 8.70. The highest BCUT2D eigenvalue weighted by molar-refractivity contribution is 7.97. The number of rotatable bonds is 4. The second kappa shape index (κ2) is 6.81. The van der Waals surface area contributed by atoms with Gasteiger partial charge in [-0.15, -0.1) is 0 Å². The van der Waals surface area contributed by atoms with Crippen molar-refractivity contribution in [2.45, 2.75) is 39.7 Å². The van der Waals surface area contributed by atoms with Gasteiger partial charge in [0, 0.05) is 25.0 Å². The van der Waals surface area contributed by atoms with Crippen LogP contribution in [0.1, 0.15) is 32.8 Å². The van der Waals surface area contributed by atoms with Crippen LogP contribution in [0.15, 0.2) is 12.4 Å². The van der Waals surface area contributed by atoms with E-state index in [4.69, 9.17) is 5.26 Å². The first kappa shape index (κ1) is 15.1. The molecule has 1 aliphatic heterocycles. The van der Waals surface area contributed by atoms with Gasteiger partial charge in [0.15, 0.2) is 0 Å². The number of nitriles is 1. The highest BCUT2D eigenvalue weighted by Gasteiger charge is 2.45. The molecule has 1 fully saturated rings. The molecular weight excluding hydrogens is 244 g/mol. The molecule has 1 aromatic heterocycles. The van der Waals surface area contributed by atoms with Crippen molar-refractivity contribution in [2.24, 2.45) is 0 Å². The van der Waals surface area contributed by atoms with Gasteiger partial charge in [0.25, 0.3) is 0 Å². The molecule has 0 saturated carbocycles. The molecule has 2 heterocycles. The Bertz CT molecular complexity index is 401. The van der Waals surface area contributed by atoms with E-state index in [0.29, 0.717) is 6.42 Å². The fourth-order valence-corrected chi connectivity index (χ4v) is 3.07. The molecule has 100 valence electrons. The second-order valence-corrected chi connectivity index (χ2v) is 5.59. The maximum absolute atomic E-state index is 8.93. The lowest BCUT2D eigenvalue weighted by molar-refractivity contribution is 0.0811. The van der Waals surface area contributed by atoms with Gasteiger partial charge in [0.1, 0.15) is 5.54 Å². The number of nitrogens with zero attached hydrogens (tertiary/aromatic N) is 4. The van der Waals surface area contributed by atoms with Crippen LogP contribution < -0.4 is 0 Å². The molecule has 5 heteroatoms. The van der Waals surface area contributed by atoms with Gasteiger partial charge in [-0.05, 0) is 12.5 Å². The number of aromatic nitrogens is 2. The van der Waals surface area contributed by atoms with Crippen LogP contribution in [0.3, 0.4) is 0 Å². The van der Waals surface area contributed by atoms with Crippen molar-refractivity contribution in [3.8, 4) is 6.07 Å². The van der Waals surface area contributed by atoms with Gasteiger partial charge in [-0.3, -0.25) is 4.68 Å². The number of hydrogen-bond donors (Lipinski definition) is 0. The van der Waals surface area contributed by atoms with E-state index >= 15 is 0 Å². The predicted octanol–water partition coefficient (Wildman–Crippen LogP) is 2.81. The van der Waals surface area contributed by atoms with Crippen LogP contribution in [0.4, 0.5) is 0 Å². The maximum atomic E-state index is 8.93. The molecule has 0 amide bonds. The lowest BCUT2D eigenvalue weighted by atomic mass is 9.89. The van der Waals surface area contributed by atoms with E-state index in [0.717, 1.165) is 24.4 Å². The van der Waals surface area contributed by atoms with Gasteiger partial charge in [-0.2, -0.15) is 10.4 Å². The van der Waals surface area contributed by atoms with Crippen LogP contribution >= 0.6 is 11.9 Å². The molecule has 2 rings (SSSR count). The first-order valence-electron chi connectivity index (χ1n) is 6.47. The van der Waals surface area contributed by atoms with Crippen LogP contribution in [-0.2, 0) is 5.54 Å². The van der Waals surface area contributed by atoms with Gasteiger partial charge < -0.3 is 0 Å². The molecule has 0 spiro atoms. The van der Waals surface area contributed by atoms with Gasteiger partial charge in [0.05, 0.1) is 18.7 Å². The molecule has 0 N–H and O–H groups in total. The standard InChI is InChI=1S/C11H16N4S.C2H6/c1-3-16-14-8-11(9-14,4-5-12)15-7-10(2)6-13-15;1-2/h6-7H,3-4,8-9H2,1-2H3;1-2H3. The SMILES string of the molecule is CC.CCSN1CC(CC#N)(n2cc(C)cn2)C1. The minimum Gasteiger partial charge on any atom is -0.263 e. The van der Waals surface area contributed by atoms with Crippen LogP contribution in [0, 0.1) is 18.3 Å². The summed E-state index contributed by atoms with van der Waals surface area (Å²) in [4.78, 5) is 0. The quantitative estimate of drug-likeness (QED) is 0.786. The third kappa shape index (κ3) is 3.06. The highest BCUT2D eigenvalue weighted by atomic mass is 32.2. The Kier molecular flexibility index (Phi) is 5.70. The van der Waals surface area contributed by atoms with Crippen molar-refractivity contribution in [1.29, 1.82) is 5.26 Å². The van der Waals surface area contributed by atoms with Crippen LogP contribution in [0.25, 0.3) is 0 Å². The molecule has 1 aliphatic rings. The molecule has 0 unspecified atom stereocenters. The van der Waals surface area contributed by atoms with E-state index in [-0.39, 0.29) is 5.54 Å². The summed E-state index contributed by atoms with van der Waals surface area (Å²) in [6.07, 6.45) is 4.43. The monoisotopic (exact) mass is 266 g/mol. The van der Waals surface area contributed by atoms with Crippen molar-refractivity contribution >= 4 is 11.9 Å². The third-order valence-corrected chi connectivity index (χ3v) is 3.74. The molecule has 1 aromatic rings. The summed E-state index contributed by atoms with van der Waals surface area (Å²) in [5.41, 5.74) is 1.06. The average molecular weight is 266 g/mol. The fourth-order valence-electron chi connectivity index (χ4n) is 2.04. The van der Waals surface area contributed by atoms with E-state index in [2.05, 4.69) is 22.4 Å². The van der Waals surface area contributed by atoms with Crippen molar-refractivity contribution < 1.29 is 0 Å². The lowest BCUT2D eigenvalue weighted by Gasteiger charge is -2.48. The zero-order valence-corrected chi connectivity index (χ0v) is 12.5. The van der Waals surface area contributed by atoms with Gasteiger partial charge in [-0.25, -0.2) is 4.31 Å². The summed E-state index contributed by atoms with van der Waals surface area (Å²) < 4.78 is 4.27. The zero-order chi connectivity index (χ0) is 13.6. The Morgan fingerprint density at radius 3 is 2.61 bits per heavy atom. The Labute approximate surface area is 114 Å². The Morgan fingerprint density at radius 1 is 1.50 bits per heavy atom. The summed E-state index contributed by atoms with van der Waals surface area (Å²) in [5, 5.41) is 13.3. The molecule has 0 bridgehead atoms. The normalized spacial score (nSPS) is 17.3. The smallest absolute Gasteiger partial charge is 0.103 e. The molecule has 0 aliphatic carbocycles. The van der Waals surface area contributed by atoms with Crippen molar-refractivity contribution in [2.75, 3.05) is 18.8 Å². The van der Waals surface area contributed by atoms with E-state index in [1.165, 1.54) is 0 Å². The molecule has 1 saturated heterocycles. The highest BCUT2D eigenvalue weighted by Crippen LogP contribution is 2.36. The molecular formula is C13H22N4S.